The molecule has 19 heavy (non-hydrogen) atoms. The van der Waals surface area contributed by atoms with Gasteiger partial charge in [0.2, 0.25) is 0 Å². The zero-order chi connectivity index (χ0) is 13.5. The Bertz CT molecular complexity index is 582. The lowest BCUT2D eigenvalue weighted by Gasteiger charge is -2.37. The molecule has 0 radical (unpaired) electrons. The van der Waals surface area contributed by atoms with Crippen LogP contribution in [0.4, 0.5) is 0 Å². The average Bonchev–Trinajstić information content (AvgIpc) is 2.80. The first-order chi connectivity index (χ1) is 9.05. The van der Waals surface area contributed by atoms with E-state index >= 15 is 0 Å². The summed E-state index contributed by atoms with van der Waals surface area (Å²) in [7, 11) is 0. The molecule has 4 nitrogen and oxygen atoms in total. The van der Waals surface area contributed by atoms with E-state index in [1.807, 2.05) is 49.1 Å². The van der Waals surface area contributed by atoms with Crippen molar-refractivity contribution in [1.82, 2.24) is 9.88 Å². The molecule has 1 aromatic heterocycles. The average molecular weight is 258 g/mol. The van der Waals surface area contributed by atoms with Gasteiger partial charge in [-0.15, -0.1) is 0 Å². The van der Waals surface area contributed by atoms with Gasteiger partial charge in [-0.2, -0.15) is 0 Å². The molecule has 1 N–H and O–H groups in total. The summed E-state index contributed by atoms with van der Waals surface area (Å²) in [5.41, 5.74) is 1.39. The van der Waals surface area contributed by atoms with Crippen molar-refractivity contribution in [2.45, 2.75) is 19.4 Å². The number of para-hydroxylation sites is 1. The summed E-state index contributed by atoms with van der Waals surface area (Å²) in [5, 5.41) is 1.07. The summed E-state index contributed by atoms with van der Waals surface area (Å²) in [6.45, 7) is 5.90. The van der Waals surface area contributed by atoms with Gasteiger partial charge in [-0.3, -0.25) is 4.79 Å². The molecule has 3 rings (SSSR count). The molecular weight excluding hydrogens is 240 g/mol. The van der Waals surface area contributed by atoms with E-state index in [-0.39, 0.29) is 11.5 Å². The minimum absolute atomic E-state index is 0.0487. The molecule has 1 fully saturated rings. The van der Waals surface area contributed by atoms with Gasteiger partial charge in [-0.05, 0) is 26.0 Å². The number of morpholine rings is 1. The van der Waals surface area contributed by atoms with Crippen LogP contribution in [0.1, 0.15) is 24.3 Å². The van der Waals surface area contributed by atoms with Gasteiger partial charge in [-0.1, -0.05) is 18.2 Å². The van der Waals surface area contributed by atoms with E-state index in [4.69, 9.17) is 4.74 Å². The highest BCUT2D eigenvalue weighted by Gasteiger charge is 2.30. The number of nitrogens with one attached hydrogen (secondary N) is 1. The van der Waals surface area contributed by atoms with Gasteiger partial charge in [-0.25, -0.2) is 0 Å². The number of H-pyrrole nitrogens is 1. The third-order valence-corrected chi connectivity index (χ3v) is 3.47. The maximum Gasteiger partial charge on any atom is 0.270 e. The van der Waals surface area contributed by atoms with Crippen molar-refractivity contribution < 1.29 is 9.53 Å². The Morgan fingerprint density at radius 1 is 1.37 bits per heavy atom. The predicted octanol–water partition coefficient (Wildman–Crippen LogP) is 2.42. The van der Waals surface area contributed by atoms with Crippen LogP contribution in [0, 0.1) is 0 Å². The summed E-state index contributed by atoms with van der Waals surface area (Å²) in [4.78, 5) is 17.5. The minimum atomic E-state index is -0.264. The number of fused-ring (bicyclic) bond motifs is 1. The molecule has 2 aromatic rings. The lowest BCUT2D eigenvalue weighted by atomic mass is 10.1. The molecule has 0 unspecified atom stereocenters. The van der Waals surface area contributed by atoms with E-state index in [0.29, 0.717) is 25.4 Å². The predicted molar refractivity (Wildman–Crippen MR) is 74.2 cm³/mol. The van der Waals surface area contributed by atoms with Crippen molar-refractivity contribution in [3.63, 3.8) is 0 Å². The molecule has 0 saturated carbocycles. The van der Waals surface area contributed by atoms with E-state index in [2.05, 4.69) is 4.98 Å². The highest BCUT2D eigenvalue weighted by molar-refractivity contribution is 5.98. The van der Waals surface area contributed by atoms with Gasteiger partial charge in [0.25, 0.3) is 5.91 Å². The number of hydrogen-bond acceptors (Lipinski definition) is 2. The third-order valence-electron chi connectivity index (χ3n) is 3.47. The minimum Gasteiger partial charge on any atom is -0.372 e. The number of nitrogens with zero attached hydrogens (tertiary/aromatic N) is 1. The molecule has 0 bridgehead atoms. The van der Waals surface area contributed by atoms with Crippen molar-refractivity contribution in [3.8, 4) is 0 Å². The summed E-state index contributed by atoms with van der Waals surface area (Å²) in [6, 6.07) is 9.84. The zero-order valence-corrected chi connectivity index (χ0v) is 11.3. The van der Waals surface area contributed by atoms with Crippen LogP contribution < -0.4 is 0 Å². The van der Waals surface area contributed by atoms with E-state index in [9.17, 15) is 4.79 Å². The smallest absolute Gasteiger partial charge is 0.270 e. The molecule has 0 aliphatic carbocycles. The van der Waals surface area contributed by atoms with Gasteiger partial charge in [0.1, 0.15) is 5.69 Å². The second-order valence-corrected chi connectivity index (χ2v) is 5.61. The van der Waals surface area contributed by atoms with Crippen LogP contribution in [-0.2, 0) is 4.74 Å². The largest absolute Gasteiger partial charge is 0.372 e. The van der Waals surface area contributed by atoms with Gasteiger partial charge < -0.3 is 14.6 Å². The number of carbonyl (C=O) groups is 1. The number of ether oxygens (including phenoxy) is 1. The maximum absolute atomic E-state index is 12.5. The lowest BCUT2D eigenvalue weighted by Crippen LogP contribution is -2.50. The second-order valence-electron chi connectivity index (χ2n) is 5.61. The first-order valence-corrected chi connectivity index (χ1v) is 6.56. The van der Waals surface area contributed by atoms with Crippen molar-refractivity contribution in [2.75, 3.05) is 19.7 Å². The fraction of sp³-hybridized carbons (Fsp3) is 0.400. The van der Waals surface area contributed by atoms with Gasteiger partial charge in [0.05, 0.1) is 12.2 Å². The normalized spacial score (nSPS) is 18.7. The lowest BCUT2D eigenvalue weighted by molar-refractivity contribution is -0.0764. The third kappa shape index (κ3) is 2.36. The van der Waals surface area contributed by atoms with E-state index in [1.54, 1.807) is 0 Å². The Labute approximate surface area is 112 Å². The first kappa shape index (κ1) is 12.2. The molecule has 1 aromatic carbocycles. The molecule has 1 amide bonds. The van der Waals surface area contributed by atoms with Crippen LogP contribution >= 0.6 is 0 Å². The van der Waals surface area contributed by atoms with Crippen molar-refractivity contribution >= 4 is 16.8 Å². The van der Waals surface area contributed by atoms with Gasteiger partial charge >= 0.3 is 0 Å². The summed E-state index contributed by atoms with van der Waals surface area (Å²) >= 11 is 0. The summed E-state index contributed by atoms with van der Waals surface area (Å²) in [5.74, 6) is 0.0487. The first-order valence-electron chi connectivity index (χ1n) is 6.56. The molecule has 4 heteroatoms. The zero-order valence-electron chi connectivity index (χ0n) is 11.3. The molecule has 0 spiro atoms. The molecule has 0 atom stereocenters. The molecule has 1 aliphatic rings. The standard InChI is InChI=1S/C15H18N2O2/c1-15(2)10-17(7-8-19-15)14(18)13-9-11-5-3-4-6-12(11)16-13/h3-6,9,16H,7-8,10H2,1-2H3. The van der Waals surface area contributed by atoms with E-state index in [0.717, 1.165) is 10.9 Å². The highest BCUT2D eigenvalue weighted by Crippen LogP contribution is 2.20. The summed E-state index contributed by atoms with van der Waals surface area (Å²) in [6.07, 6.45) is 0. The molecule has 2 heterocycles. The Kier molecular flexibility index (Phi) is 2.82. The van der Waals surface area contributed by atoms with Crippen LogP contribution in [0.15, 0.2) is 30.3 Å². The maximum atomic E-state index is 12.5. The number of rotatable bonds is 1. The number of hydrogen-bond donors (Lipinski definition) is 1. The van der Waals surface area contributed by atoms with Crippen LogP contribution in [0.3, 0.4) is 0 Å². The molecular formula is C15H18N2O2. The fourth-order valence-corrected chi connectivity index (χ4v) is 2.55. The second kappa shape index (κ2) is 4.38. The quantitative estimate of drug-likeness (QED) is 0.853. The molecule has 1 saturated heterocycles. The number of amides is 1. The number of benzene rings is 1. The van der Waals surface area contributed by atoms with Crippen LogP contribution in [0.5, 0.6) is 0 Å². The van der Waals surface area contributed by atoms with Gasteiger partial charge in [0, 0.05) is 24.0 Å². The van der Waals surface area contributed by atoms with Crippen molar-refractivity contribution in [3.05, 3.63) is 36.0 Å². The highest BCUT2D eigenvalue weighted by atomic mass is 16.5. The SMILES string of the molecule is CC1(C)CN(C(=O)c2cc3ccccc3[nH]2)CCO1. The van der Waals surface area contributed by atoms with Gasteiger partial charge in [0.15, 0.2) is 0 Å². The molecule has 1 aliphatic heterocycles. The number of carbonyl (C=O) groups excluding carboxylic acids is 1. The fourth-order valence-electron chi connectivity index (χ4n) is 2.55. The van der Waals surface area contributed by atoms with E-state index < -0.39 is 0 Å². The van der Waals surface area contributed by atoms with E-state index in [1.165, 1.54) is 0 Å². The number of aromatic nitrogens is 1. The monoisotopic (exact) mass is 258 g/mol. The Balaban J connectivity index is 1.87. The van der Waals surface area contributed by atoms with Crippen LogP contribution in [0.2, 0.25) is 0 Å². The van der Waals surface area contributed by atoms with Crippen LogP contribution in [-0.4, -0.2) is 41.1 Å². The number of aromatic amines is 1. The molecule has 100 valence electrons. The van der Waals surface area contributed by atoms with Crippen LogP contribution in [0.25, 0.3) is 10.9 Å². The van der Waals surface area contributed by atoms with Crippen molar-refractivity contribution in [1.29, 1.82) is 0 Å². The summed E-state index contributed by atoms with van der Waals surface area (Å²) < 4.78 is 5.64. The van der Waals surface area contributed by atoms with Crippen molar-refractivity contribution in [2.24, 2.45) is 0 Å². The topological polar surface area (TPSA) is 45.3 Å². The Morgan fingerprint density at radius 3 is 2.89 bits per heavy atom. The Hall–Kier alpha value is -1.81. The Morgan fingerprint density at radius 2 is 2.16 bits per heavy atom.